The Balaban J connectivity index is 1.41. The van der Waals surface area contributed by atoms with E-state index >= 15 is 0 Å². The van der Waals surface area contributed by atoms with E-state index in [9.17, 15) is 9.59 Å². The van der Waals surface area contributed by atoms with Crippen LogP contribution < -0.4 is 16.0 Å². The van der Waals surface area contributed by atoms with Gasteiger partial charge in [-0.1, -0.05) is 37.1 Å². The summed E-state index contributed by atoms with van der Waals surface area (Å²) in [6.07, 6.45) is 6.84. The lowest BCUT2D eigenvalue weighted by Crippen LogP contribution is -2.36. The van der Waals surface area contributed by atoms with E-state index in [1.165, 1.54) is 25.7 Å². The molecule has 0 radical (unpaired) electrons. The zero-order chi connectivity index (χ0) is 16.8. The molecular formula is C19H27N3O2. The molecule has 1 aromatic rings. The summed E-state index contributed by atoms with van der Waals surface area (Å²) in [6.45, 7) is 1.83. The van der Waals surface area contributed by atoms with Gasteiger partial charge in [0.05, 0.1) is 0 Å². The van der Waals surface area contributed by atoms with E-state index in [2.05, 4.69) is 16.0 Å². The third-order valence-electron chi connectivity index (χ3n) is 4.89. The first-order valence-corrected chi connectivity index (χ1v) is 9.08. The molecule has 0 aliphatic heterocycles. The van der Waals surface area contributed by atoms with Gasteiger partial charge in [-0.05, 0) is 42.7 Å². The largest absolute Gasteiger partial charge is 0.352 e. The average Bonchev–Trinajstić information content (AvgIpc) is 3.27. The Morgan fingerprint density at radius 3 is 2.25 bits per heavy atom. The van der Waals surface area contributed by atoms with E-state index in [1.807, 2.05) is 24.3 Å². The first kappa shape index (κ1) is 16.8. The molecule has 24 heavy (non-hydrogen) atoms. The lowest BCUT2D eigenvalue weighted by molar-refractivity contribution is -0.124. The Hall–Kier alpha value is -2.04. The summed E-state index contributed by atoms with van der Waals surface area (Å²) in [5.74, 6) is 1.06. The molecule has 5 heteroatoms. The average molecular weight is 329 g/mol. The molecule has 0 saturated heterocycles. The normalized spacial score (nSPS) is 17.5. The van der Waals surface area contributed by atoms with Gasteiger partial charge in [0.15, 0.2) is 0 Å². The second-order valence-corrected chi connectivity index (χ2v) is 7.03. The van der Waals surface area contributed by atoms with Crippen LogP contribution in [-0.2, 0) is 17.9 Å². The molecule has 3 N–H and O–H groups in total. The lowest BCUT2D eigenvalue weighted by atomic mass is 10.1. The highest BCUT2D eigenvalue weighted by molar-refractivity contribution is 5.78. The van der Waals surface area contributed by atoms with E-state index in [-0.39, 0.29) is 17.9 Å². The molecule has 3 rings (SSSR count). The number of hydrogen-bond acceptors (Lipinski definition) is 2. The molecule has 0 atom stereocenters. The Morgan fingerprint density at radius 1 is 0.917 bits per heavy atom. The molecule has 0 heterocycles. The number of carbonyl (C=O) groups is 2. The monoisotopic (exact) mass is 329 g/mol. The van der Waals surface area contributed by atoms with Crippen molar-refractivity contribution in [2.45, 2.75) is 51.6 Å². The van der Waals surface area contributed by atoms with Crippen molar-refractivity contribution in [3.63, 3.8) is 0 Å². The molecule has 5 nitrogen and oxygen atoms in total. The summed E-state index contributed by atoms with van der Waals surface area (Å²) in [6, 6.07) is 7.89. The van der Waals surface area contributed by atoms with E-state index in [1.54, 1.807) is 0 Å². The maximum atomic E-state index is 12.1. The van der Waals surface area contributed by atoms with Crippen LogP contribution >= 0.6 is 0 Å². The zero-order valence-electron chi connectivity index (χ0n) is 14.1. The van der Waals surface area contributed by atoms with Crippen LogP contribution in [0.2, 0.25) is 0 Å². The van der Waals surface area contributed by atoms with Crippen molar-refractivity contribution in [2.75, 3.05) is 6.54 Å². The highest BCUT2D eigenvalue weighted by atomic mass is 16.2. The van der Waals surface area contributed by atoms with Gasteiger partial charge in [0.25, 0.3) is 0 Å². The van der Waals surface area contributed by atoms with E-state index < -0.39 is 0 Å². The fraction of sp³-hybridized carbons (Fsp3) is 0.579. The molecule has 2 saturated carbocycles. The van der Waals surface area contributed by atoms with E-state index in [0.717, 1.165) is 30.5 Å². The van der Waals surface area contributed by atoms with Crippen LogP contribution in [-0.4, -0.2) is 18.5 Å². The molecule has 1 aromatic carbocycles. The predicted octanol–water partition coefficient (Wildman–Crippen LogP) is 2.70. The number of urea groups is 1. The number of hydrogen-bond donors (Lipinski definition) is 3. The van der Waals surface area contributed by atoms with Crippen molar-refractivity contribution < 1.29 is 9.59 Å². The molecule has 130 valence electrons. The molecule has 0 spiro atoms. The molecule has 0 aromatic heterocycles. The van der Waals surface area contributed by atoms with Gasteiger partial charge in [-0.15, -0.1) is 0 Å². The Labute approximate surface area is 143 Å². The minimum atomic E-state index is -0.109. The van der Waals surface area contributed by atoms with Gasteiger partial charge < -0.3 is 16.0 Å². The summed E-state index contributed by atoms with van der Waals surface area (Å²) < 4.78 is 0. The van der Waals surface area contributed by atoms with Crippen molar-refractivity contribution in [2.24, 2.45) is 11.8 Å². The Kier molecular flexibility index (Phi) is 5.72. The SMILES string of the molecule is O=C(NCc1cccc(CNC(=O)C2CCCC2)c1)NCC1CC1. The summed E-state index contributed by atoms with van der Waals surface area (Å²) in [7, 11) is 0. The Morgan fingerprint density at radius 2 is 1.58 bits per heavy atom. The first-order valence-electron chi connectivity index (χ1n) is 9.08. The molecular weight excluding hydrogens is 302 g/mol. The topological polar surface area (TPSA) is 70.2 Å². The summed E-state index contributed by atoms with van der Waals surface area (Å²) >= 11 is 0. The molecule has 2 fully saturated rings. The second-order valence-electron chi connectivity index (χ2n) is 7.03. The first-order chi connectivity index (χ1) is 11.7. The van der Waals surface area contributed by atoms with Gasteiger partial charge in [0.2, 0.25) is 5.91 Å². The summed E-state index contributed by atoms with van der Waals surface area (Å²) in [5, 5.41) is 8.81. The third-order valence-corrected chi connectivity index (χ3v) is 4.89. The minimum absolute atomic E-state index is 0.109. The summed E-state index contributed by atoms with van der Waals surface area (Å²) in [4.78, 5) is 23.8. The smallest absolute Gasteiger partial charge is 0.315 e. The molecule has 3 amide bonds. The number of nitrogens with one attached hydrogen (secondary N) is 3. The number of benzene rings is 1. The van der Waals surface area contributed by atoms with Gasteiger partial charge >= 0.3 is 6.03 Å². The summed E-state index contributed by atoms with van der Waals surface area (Å²) in [5.41, 5.74) is 2.11. The van der Waals surface area contributed by atoms with Crippen LogP contribution in [0.15, 0.2) is 24.3 Å². The van der Waals surface area contributed by atoms with E-state index in [0.29, 0.717) is 19.0 Å². The van der Waals surface area contributed by atoms with Gasteiger partial charge in [0, 0.05) is 25.6 Å². The number of rotatable bonds is 7. The Bertz CT molecular complexity index is 578. The standard InChI is InChI=1S/C19H27N3O2/c23-18(17-6-1-2-7-17)20-12-15-4-3-5-16(10-15)13-22-19(24)21-11-14-8-9-14/h3-5,10,14,17H,1-2,6-9,11-13H2,(H,20,23)(H2,21,22,24). The minimum Gasteiger partial charge on any atom is -0.352 e. The van der Waals surface area contributed by atoms with Gasteiger partial charge in [-0.25, -0.2) is 4.79 Å². The van der Waals surface area contributed by atoms with Crippen molar-refractivity contribution >= 4 is 11.9 Å². The van der Waals surface area contributed by atoms with Crippen molar-refractivity contribution in [1.29, 1.82) is 0 Å². The molecule has 2 aliphatic rings. The van der Waals surface area contributed by atoms with Crippen molar-refractivity contribution in [1.82, 2.24) is 16.0 Å². The van der Waals surface area contributed by atoms with Crippen LogP contribution in [0.25, 0.3) is 0 Å². The number of carbonyl (C=O) groups excluding carboxylic acids is 2. The van der Waals surface area contributed by atoms with Crippen LogP contribution in [0.3, 0.4) is 0 Å². The molecule has 0 bridgehead atoms. The van der Waals surface area contributed by atoms with Crippen LogP contribution in [0.5, 0.6) is 0 Å². The number of amides is 3. The van der Waals surface area contributed by atoms with Crippen molar-refractivity contribution in [3.05, 3.63) is 35.4 Å². The van der Waals surface area contributed by atoms with Gasteiger partial charge in [0.1, 0.15) is 0 Å². The fourth-order valence-corrected chi connectivity index (χ4v) is 3.17. The van der Waals surface area contributed by atoms with Crippen LogP contribution in [0.4, 0.5) is 4.79 Å². The quantitative estimate of drug-likeness (QED) is 0.720. The lowest BCUT2D eigenvalue weighted by Gasteiger charge is -2.11. The highest BCUT2D eigenvalue weighted by Crippen LogP contribution is 2.27. The second kappa shape index (κ2) is 8.18. The maximum Gasteiger partial charge on any atom is 0.315 e. The maximum absolute atomic E-state index is 12.1. The molecule has 2 aliphatic carbocycles. The van der Waals surface area contributed by atoms with Gasteiger partial charge in [-0.3, -0.25) is 4.79 Å². The van der Waals surface area contributed by atoms with E-state index in [4.69, 9.17) is 0 Å². The zero-order valence-corrected chi connectivity index (χ0v) is 14.1. The fourth-order valence-electron chi connectivity index (χ4n) is 3.17. The predicted molar refractivity (Wildman–Crippen MR) is 93.2 cm³/mol. The van der Waals surface area contributed by atoms with Crippen LogP contribution in [0, 0.1) is 11.8 Å². The van der Waals surface area contributed by atoms with Gasteiger partial charge in [-0.2, -0.15) is 0 Å². The van der Waals surface area contributed by atoms with Crippen LogP contribution in [0.1, 0.15) is 49.7 Å². The highest BCUT2D eigenvalue weighted by Gasteiger charge is 2.22. The third kappa shape index (κ3) is 5.25. The molecule has 0 unspecified atom stereocenters. The van der Waals surface area contributed by atoms with Crippen molar-refractivity contribution in [3.8, 4) is 0 Å².